The summed E-state index contributed by atoms with van der Waals surface area (Å²) >= 11 is 0. The molecule has 2 N–H and O–H groups in total. The summed E-state index contributed by atoms with van der Waals surface area (Å²) in [4.78, 5) is 42.6. The van der Waals surface area contributed by atoms with Gasteiger partial charge in [0.05, 0.1) is 6.61 Å². The van der Waals surface area contributed by atoms with Gasteiger partial charge in [-0.05, 0) is 64.2 Å². The molecule has 0 aromatic heterocycles. The van der Waals surface area contributed by atoms with Crippen molar-refractivity contribution in [3.05, 3.63) is 24.3 Å². The Morgan fingerprint density at radius 2 is 0.913 bits per heavy atom. The molecule has 0 spiro atoms. The lowest BCUT2D eigenvalue weighted by Gasteiger charge is -2.18. The summed E-state index contributed by atoms with van der Waals surface area (Å²) in [6.45, 7) is 3.64. The highest BCUT2D eigenvalue weighted by molar-refractivity contribution is 7.46. The third-order valence-corrected chi connectivity index (χ3v) is 8.43. The second kappa shape index (κ2) is 33.4. The smallest absolute Gasteiger partial charge is 0.462 e. The molecule has 9 heteroatoms. The van der Waals surface area contributed by atoms with E-state index in [1.807, 2.05) is 0 Å². The normalized spacial score (nSPS) is 12.7. The molecule has 8 nitrogen and oxygen atoms in total. The molecule has 0 fully saturated rings. The fraction of sp³-hybridized carbons (Fsp3) is 0.838. The van der Waals surface area contributed by atoms with Gasteiger partial charge < -0.3 is 19.3 Å². The number of phosphoric ester groups is 1. The maximum atomic E-state index is 12.3. The largest absolute Gasteiger partial charge is 0.469 e. The van der Waals surface area contributed by atoms with Gasteiger partial charge in [-0.1, -0.05) is 128 Å². The van der Waals surface area contributed by atoms with E-state index in [1.54, 1.807) is 0 Å². The van der Waals surface area contributed by atoms with Gasteiger partial charge in [-0.15, -0.1) is 0 Å². The Hall–Kier alpha value is -1.47. The van der Waals surface area contributed by atoms with E-state index in [0.29, 0.717) is 12.8 Å². The van der Waals surface area contributed by atoms with E-state index >= 15 is 0 Å². The van der Waals surface area contributed by atoms with Crippen molar-refractivity contribution in [3.63, 3.8) is 0 Å². The van der Waals surface area contributed by atoms with Gasteiger partial charge in [0.25, 0.3) is 0 Å². The summed E-state index contributed by atoms with van der Waals surface area (Å²) in [7, 11) is -4.75. The van der Waals surface area contributed by atoms with Gasteiger partial charge in [0, 0.05) is 12.8 Å². The minimum atomic E-state index is -4.75. The van der Waals surface area contributed by atoms with E-state index in [-0.39, 0.29) is 19.4 Å². The SMILES string of the molecule is CCCCCC/C=C/CCCCCCCCCC(=O)O[C@H](COC(=O)CCCCC/C=C/CCCCCCCC)COP(=O)(O)O. The predicted molar refractivity (Wildman–Crippen MR) is 189 cm³/mol. The molecule has 0 unspecified atom stereocenters. The lowest BCUT2D eigenvalue weighted by molar-refractivity contribution is -0.161. The molecule has 0 bridgehead atoms. The molecule has 0 amide bonds. The van der Waals surface area contributed by atoms with Gasteiger partial charge in [0.15, 0.2) is 6.10 Å². The molecule has 270 valence electrons. The molecule has 0 aromatic rings. The summed E-state index contributed by atoms with van der Waals surface area (Å²) in [6.07, 6.45) is 36.1. The van der Waals surface area contributed by atoms with Crippen molar-refractivity contribution in [3.8, 4) is 0 Å². The summed E-state index contributed by atoms with van der Waals surface area (Å²) < 4.78 is 26.3. The Kier molecular flexibility index (Phi) is 32.4. The lowest BCUT2D eigenvalue weighted by Crippen LogP contribution is -2.29. The van der Waals surface area contributed by atoms with Crippen LogP contribution in [0.2, 0.25) is 0 Å². The number of unbranched alkanes of at least 4 members (excludes halogenated alkanes) is 20. The summed E-state index contributed by atoms with van der Waals surface area (Å²) in [5.74, 6) is -0.907. The fourth-order valence-electron chi connectivity index (χ4n) is 5.13. The van der Waals surface area contributed by atoms with E-state index in [2.05, 4.69) is 42.7 Å². The Bertz CT molecular complexity index is 807. The van der Waals surface area contributed by atoms with Crippen molar-refractivity contribution in [2.45, 2.75) is 187 Å². The first kappa shape index (κ1) is 44.5. The molecular formula is C37H69O8P. The lowest BCUT2D eigenvalue weighted by atomic mass is 10.1. The van der Waals surface area contributed by atoms with Gasteiger partial charge in [-0.3, -0.25) is 14.1 Å². The number of hydrogen-bond acceptors (Lipinski definition) is 6. The van der Waals surface area contributed by atoms with Crippen molar-refractivity contribution in [1.82, 2.24) is 0 Å². The molecule has 0 radical (unpaired) electrons. The van der Waals surface area contributed by atoms with Crippen LogP contribution < -0.4 is 0 Å². The maximum Gasteiger partial charge on any atom is 0.469 e. The molecule has 0 aliphatic rings. The van der Waals surface area contributed by atoms with Gasteiger partial charge in [-0.2, -0.15) is 0 Å². The summed E-state index contributed by atoms with van der Waals surface area (Å²) in [6, 6.07) is 0. The highest BCUT2D eigenvalue weighted by Gasteiger charge is 2.22. The van der Waals surface area contributed by atoms with Crippen LogP contribution in [0.4, 0.5) is 0 Å². The average Bonchev–Trinajstić information content (AvgIpc) is 3.02. The second-order valence-corrected chi connectivity index (χ2v) is 13.8. The van der Waals surface area contributed by atoms with Crippen molar-refractivity contribution in [2.75, 3.05) is 13.2 Å². The molecule has 46 heavy (non-hydrogen) atoms. The molecule has 0 rings (SSSR count). The van der Waals surface area contributed by atoms with Crippen LogP contribution in [0.3, 0.4) is 0 Å². The van der Waals surface area contributed by atoms with Crippen molar-refractivity contribution < 1.29 is 37.9 Å². The monoisotopic (exact) mass is 672 g/mol. The highest BCUT2D eigenvalue weighted by Crippen LogP contribution is 2.36. The predicted octanol–water partition coefficient (Wildman–Crippen LogP) is 10.8. The van der Waals surface area contributed by atoms with E-state index in [1.165, 1.54) is 89.9 Å². The maximum absolute atomic E-state index is 12.3. The molecule has 0 aliphatic heterocycles. The molecule has 1 atom stereocenters. The quantitative estimate of drug-likeness (QED) is 0.0300. The van der Waals surface area contributed by atoms with Crippen LogP contribution in [0.25, 0.3) is 0 Å². The average molecular weight is 673 g/mol. The van der Waals surface area contributed by atoms with Gasteiger partial charge in [-0.25, -0.2) is 4.57 Å². The van der Waals surface area contributed by atoms with Crippen LogP contribution in [0.1, 0.15) is 181 Å². The topological polar surface area (TPSA) is 119 Å². The van der Waals surface area contributed by atoms with E-state index in [0.717, 1.165) is 51.4 Å². The van der Waals surface area contributed by atoms with Crippen molar-refractivity contribution in [1.29, 1.82) is 0 Å². The zero-order valence-corrected chi connectivity index (χ0v) is 30.4. The van der Waals surface area contributed by atoms with Crippen LogP contribution in [0.15, 0.2) is 24.3 Å². The highest BCUT2D eigenvalue weighted by atomic mass is 31.2. The third kappa shape index (κ3) is 35.4. The molecule has 0 aromatic carbocycles. The molecule has 0 aliphatic carbocycles. The zero-order chi connectivity index (χ0) is 34.0. The van der Waals surface area contributed by atoms with E-state index in [4.69, 9.17) is 19.3 Å². The minimum absolute atomic E-state index is 0.205. The Morgan fingerprint density at radius 1 is 0.543 bits per heavy atom. The number of hydrogen-bond donors (Lipinski definition) is 2. The second-order valence-electron chi connectivity index (χ2n) is 12.5. The van der Waals surface area contributed by atoms with Crippen LogP contribution in [-0.2, 0) is 28.2 Å². The first-order chi connectivity index (χ1) is 22.3. The standard InChI is InChI=1S/C37H69O8P/c1-3-5-7-9-11-13-15-17-18-20-22-24-26-28-30-32-37(39)45-35(34-44-46(40,41)42)33-43-36(38)31-29-27-25-23-21-19-16-14-12-10-8-6-4-2/h13,15,19,21,35H,3-12,14,16-18,20,22-34H2,1-2H3,(H2,40,41,42)/b15-13+,21-19+/t35-/m1/s1. The molecule has 0 saturated carbocycles. The number of rotatable bonds is 34. The molecular weight excluding hydrogens is 603 g/mol. The Morgan fingerprint density at radius 3 is 1.37 bits per heavy atom. The number of carbonyl (C=O) groups is 2. The molecule has 0 saturated heterocycles. The minimum Gasteiger partial charge on any atom is -0.462 e. The summed E-state index contributed by atoms with van der Waals surface area (Å²) in [5, 5.41) is 0. The van der Waals surface area contributed by atoms with Gasteiger partial charge in [0.1, 0.15) is 6.61 Å². The van der Waals surface area contributed by atoms with Crippen LogP contribution in [0.5, 0.6) is 0 Å². The number of allylic oxidation sites excluding steroid dienone is 4. The summed E-state index contributed by atoms with van der Waals surface area (Å²) in [5.41, 5.74) is 0. The third-order valence-electron chi connectivity index (χ3n) is 7.94. The number of esters is 2. The van der Waals surface area contributed by atoms with Crippen molar-refractivity contribution in [2.24, 2.45) is 0 Å². The number of carbonyl (C=O) groups excluding carboxylic acids is 2. The van der Waals surface area contributed by atoms with Crippen molar-refractivity contribution >= 4 is 19.8 Å². The first-order valence-corrected chi connectivity index (χ1v) is 20.2. The Balaban J connectivity index is 3.99. The van der Waals surface area contributed by atoms with Gasteiger partial charge in [0.2, 0.25) is 0 Å². The Labute approximate surface area is 281 Å². The van der Waals surface area contributed by atoms with Gasteiger partial charge >= 0.3 is 19.8 Å². The van der Waals surface area contributed by atoms with E-state index in [9.17, 15) is 14.2 Å². The fourth-order valence-corrected chi connectivity index (χ4v) is 5.49. The zero-order valence-electron chi connectivity index (χ0n) is 29.5. The van der Waals surface area contributed by atoms with E-state index < -0.39 is 32.5 Å². The molecule has 0 heterocycles. The van der Waals surface area contributed by atoms with Crippen LogP contribution >= 0.6 is 7.82 Å². The van der Waals surface area contributed by atoms with Crippen LogP contribution in [0, 0.1) is 0 Å². The number of phosphoric acid groups is 1. The first-order valence-electron chi connectivity index (χ1n) is 18.6. The van der Waals surface area contributed by atoms with Crippen LogP contribution in [-0.4, -0.2) is 41.0 Å². The number of ether oxygens (including phenoxy) is 2.